The summed E-state index contributed by atoms with van der Waals surface area (Å²) in [5.74, 6) is -0.591. The molecule has 132 valence electrons. The van der Waals surface area contributed by atoms with E-state index in [1.165, 1.54) is 6.07 Å². The van der Waals surface area contributed by atoms with Crippen molar-refractivity contribution in [2.24, 2.45) is 0 Å². The Labute approximate surface area is 151 Å². The molecule has 0 N–H and O–H groups in total. The second kappa shape index (κ2) is 8.11. The lowest BCUT2D eigenvalue weighted by Crippen LogP contribution is -2.17. The lowest BCUT2D eigenvalue weighted by Gasteiger charge is -2.05. The lowest BCUT2D eigenvalue weighted by atomic mass is 10.2. The number of nitrogens with zero attached hydrogens (tertiary/aromatic N) is 2. The summed E-state index contributed by atoms with van der Waals surface area (Å²) in [4.78, 5) is 24.3. The Morgan fingerprint density at radius 3 is 2.00 bits per heavy atom. The number of benzene rings is 2. The highest BCUT2D eigenvalue weighted by atomic mass is 16.6. The molecule has 6 nitrogen and oxygen atoms in total. The van der Waals surface area contributed by atoms with Crippen LogP contribution in [0.2, 0.25) is 0 Å². The first-order valence-electron chi connectivity index (χ1n) is 8.12. The molecule has 0 amide bonds. The van der Waals surface area contributed by atoms with E-state index in [0.29, 0.717) is 5.69 Å². The van der Waals surface area contributed by atoms with E-state index in [9.17, 15) is 9.59 Å². The highest BCUT2D eigenvalue weighted by Crippen LogP contribution is 2.09. The molecule has 0 aliphatic rings. The predicted molar refractivity (Wildman–Crippen MR) is 94.6 cm³/mol. The van der Waals surface area contributed by atoms with Crippen LogP contribution in [0.1, 0.15) is 27.3 Å². The van der Waals surface area contributed by atoms with Crippen LogP contribution >= 0.6 is 0 Å². The van der Waals surface area contributed by atoms with Gasteiger partial charge in [-0.25, -0.2) is 9.59 Å². The predicted octanol–water partition coefficient (Wildman–Crippen LogP) is 3.73. The van der Waals surface area contributed by atoms with Crippen molar-refractivity contribution in [2.75, 3.05) is 0 Å². The summed E-state index contributed by atoms with van der Waals surface area (Å²) in [7, 11) is 0. The van der Waals surface area contributed by atoms with Gasteiger partial charge in [0.15, 0.2) is 5.69 Å². The number of aromatic nitrogens is 2. The second-order valence-corrected chi connectivity index (χ2v) is 5.68. The number of esters is 1. The van der Waals surface area contributed by atoms with Gasteiger partial charge in [-0.1, -0.05) is 60.7 Å². The van der Waals surface area contributed by atoms with E-state index < -0.39 is 12.1 Å². The van der Waals surface area contributed by atoms with E-state index >= 15 is 0 Å². The van der Waals surface area contributed by atoms with Gasteiger partial charge >= 0.3 is 12.1 Å². The van der Waals surface area contributed by atoms with Gasteiger partial charge in [0.1, 0.15) is 13.2 Å². The van der Waals surface area contributed by atoms with Gasteiger partial charge < -0.3 is 9.47 Å². The van der Waals surface area contributed by atoms with Crippen LogP contribution in [0.5, 0.6) is 0 Å². The van der Waals surface area contributed by atoms with Gasteiger partial charge in [-0.05, 0) is 24.1 Å². The third-order valence-electron chi connectivity index (χ3n) is 3.69. The summed E-state index contributed by atoms with van der Waals surface area (Å²) in [5.41, 5.74) is 2.30. The van der Waals surface area contributed by atoms with Crippen LogP contribution in [-0.4, -0.2) is 21.8 Å². The maximum Gasteiger partial charge on any atom is 0.435 e. The summed E-state index contributed by atoms with van der Waals surface area (Å²) < 4.78 is 11.5. The van der Waals surface area contributed by atoms with E-state index in [2.05, 4.69) is 5.10 Å². The summed E-state index contributed by atoms with van der Waals surface area (Å²) in [6, 6.07) is 20.2. The summed E-state index contributed by atoms with van der Waals surface area (Å²) in [6.07, 6.45) is -0.645. The molecule has 1 aromatic heterocycles. The molecule has 0 saturated carbocycles. The number of hydrogen-bond donors (Lipinski definition) is 0. The summed E-state index contributed by atoms with van der Waals surface area (Å²) in [5, 5.41) is 4.00. The Morgan fingerprint density at radius 1 is 0.885 bits per heavy atom. The number of aryl methyl sites for hydroxylation is 1. The Bertz CT molecular complexity index is 889. The zero-order valence-corrected chi connectivity index (χ0v) is 14.3. The van der Waals surface area contributed by atoms with Gasteiger partial charge in [0.05, 0.1) is 0 Å². The molecule has 3 rings (SSSR count). The molecule has 0 bridgehead atoms. The van der Waals surface area contributed by atoms with E-state index in [-0.39, 0.29) is 18.9 Å². The smallest absolute Gasteiger partial charge is 0.435 e. The molecule has 26 heavy (non-hydrogen) atoms. The van der Waals surface area contributed by atoms with Crippen LogP contribution in [0.15, 0.2) is 66.7 Å². The lowest BCUT2D eigenvalue weighted by molar-refractivity contribution is 0.0465. The van der Waals surface area contributed by atoms with E-state index in [1.807, 2.05) is 60.7 Å². The van der Waals surface area contributed by atoms with E-state index in [1.54, 1.807) is 6.92 Å². The molecule has 0 radical (unpaired) electrons. The molecular weight excluding hydrogens is 332 g/mol. The van der Waals surface area contributed by atoms with Crippen molar-refractivity contribution in [3.63, 3.8) is 0 Å². The minimum atomic E-state index is -0.645. The highest BCUT2D eigenvalue weighted by molar-refractivity contribution is 5.88. The van der Waals surface area contributed by atoms with Crippen molar-refractivity contribution in [1.29, 1.82) is 0 Å². The molecule has 6 heteroatoms. The molecule has 0 aliphatic heterocycles. The number of rotatable bonds is 5. The standard InChI is InChI=1S/C20H18N2O4/c1-15-12-18(19(23)25-13-16-8-4-2-5-9-16)21-22(15)20(24)26-14-17-10-6-3-7-11-17/h2-12H,13-14H2,1H3. The van der Waals surface area contributed by atoms with Gasteiger partial charge in [-0.15, -0.1) is 0 Å². The third kappa shape index (κ3) is 4.36. The van der Waals surface area contributed by atoms with E-state index in [4.69, 9.17) is 9.47 Å². The molecule has 1 heterocycles. The number of carbonyl (C=O) groups is 2. The largest absolute Gasteiger partial charge is 0.456 e. The van der Waals surface area contributed by atoms with Crippen molar-refractivity contribution in [3.05, 3.63) is 89.2 Å². The Balaban J connectivity index is 1.60. The molecular formula is C20H18N2O4. The topological polar surface area (TPSA) is 70.4 Å². The zero-order valence-electron chi connectivity index (χ0n) is 14.3. The molecule has 0 aliphatic carbocycles. The Kier molecular flexibility index (Phi) is 5.43. The van der Waals surface area contributed by atoms with E-state index in [0.717, 1.165) is 15.8 Å². The minimum Gasteiger partial charge on any atom is -0.456 e. The fourth-order valence-electron chi connectivity index (χ4n) is 2.34. The van der Waals surface area contributed by atoms with Crippen molar-refractivity contribution in [1.82, 2.24) is 9.78 Å². The first-order valence-corrected chi connectivity index (χ1v) is 8.12. The van der Waals surface area contributed by atoms with Crippen molar-refractivity contribution >= 4 is 12.1 Å². The Hall–Kier alpha value is -3.41. The average molecular weight is 350 g/mol. The van der Waals surface area contributed by atoms with Crippen LogP contribution in [0, 0.1) is 6.92 Å². The third-order valence-corrected chi connectivity index (χ3v) is 3.69. The van der Waals surface area contributed by atoms with Crippen LogP contribution in [0.3, 0.4) is 0 Å². The SMILES string of the molecule is Cc1cc(C(=O)OCc2ccccc2)nn1C(=O)OCc1ccccc1. The van der Waals surface area contributed by atoms with Crippen molar-refractivity contribution < 1.29 is 19.1 Å². The van der Waals surface area contributed by atoms with Crippen molar-refractivity contribution in [2.45, 2.75) is 20.1 Å². The normalized spacial score (nSPS) is 10.3. The highest BCUT2D eigenvalue weighted by Gasteiger charge is 2.18. The molecule has 0 spiro atoms. The fourth-order valence-corrected chi connectivity index (χ4v) is 2.34. The molecule has 2 aromatic carbocycles. The molecule has 0 unspecified atom stereocenters. The molecule has 0 fully saturated rings. The van der Waals surface area contributed by atoms with Gasteiger partial charge in [0.2, 0.25) is 0 Å². The minimum absolute atomic E-state index is 0.0649. The summed E-state index contributed by atoms with van der Waals surface area (Å²) >= 11 is 0. The molecule has 0 atom stereocenters. The average Bonchev–Trinajstić information content (AvgIpc) is 3.08. The van der Waals surface area contributed by atoms with Gasteiger partial charge in [0.25, 0.3) is 0 Å². The quantitative estimate of drug-likeness (QED) is 0.656. The number of hydrogen-bond acceptors (Lipinski definition) is 5. The van der Waals surface area contributed by atoms with Gasteiger partial charge in [-0.2, -0.15) is 9.78 Å². The monoisotopic (exact) mass is 350 g/mol. The maximum atomic E-state index is 12.2. The zero-order chi connectivity index (χ0) is 18.4. The molecule has 0 saturated heterocycles. The van der Waals surface area contributed by atoms with Crippen LogP contribution in [-0.2, 0) is 22.7 Å². The maximum absolute atomic E-state index is 12.2. The first-order chi connectivity index (χ1) is 12.6. The fraction of sp³-hybridized carbons (Fsp3) is 0.150. The summed E-state index contributed by atoms with van der Waals surface area (Å²) in [6.45, 7) is 1.95. The van der Waals surface area contributed by atoms with Gasteiger partial charge in [0, 0.05) is 5.69 Å². The number of carbonyl (C=O) groups excluding carboxylic acids is 2. The van der Waals surface area contributed by atoms with Crippen LogP contribution < -0.4 is 0 Å². The first kappa shape index (κ1) is 17.4. The Morgan fingerprint density at radius 2 is 1.42 bits per heavy atom. The second-order valence-electron chi connectivity index (χ2n) is 5.68. The van der Waals surface area contributed by atoms with Crippen molar-refractivity contribution in [3.8, 4) is 0 Å². The van der Waals surface area contributed by atoms with Crippen LogP contribution in [0.4, 0.5) is 4.79 Å². The van der Waals surface area contributed by atoms with Gasteiger partial charge in [-0.3, -0.25) is 0 Å². The number of ether oxygens (including phenoxy) is 2. The van der Waals surface area contributed by atoms with Crippen LogP contribution in [0.25, 0.3) is 0 Å². The molecule has 3 aromatic rings.